The first-order chi connectivity index (χ1) is 38.7. The van der Waals surface area contributed by atoms with E-state index in [1.54, 1.807) is 45.5 Å². The Hall–Kier alpha value is -6.10. The predicted octanol–water partition coefficient (Wildman–Crippen LogP) is 12.5. The number of aliphatic hydroxyl groups excluding tert-OH is 1. The maximum Gasteiger partial charge on any atom is 0.272 e. The van der Waals surface area contributed by atoms with E-state index in [1.165, 1.54) is 0 Å². The number of rotatable bonds is 29. The van der Waals surface area contributed by atoms with Crippen LogP contribution >= 0.6 is 0 Å². The van der Waals surface area contributed by atoms with Gasteiger partial charge in [-0.1, -0.05) is 135 Å². The molecule has 1 aliphatic carbocycles. The van der Waals surface area contributed by atoms with E-state index in [-0.39, 0.29) is 48.6 Å². The smallest absolute Gasteiger partial charge is 0.272 e. The minimum absolute atomic E-state index is 0.0119. The molecule has 2 heterocycles. The van der Waals surface area contributed by atoms with Gasteiger partial charge in [0.15, 0.2) is 11.4 Å². The number of carbonyl (C=O) groups is 4. The molecule has 4 N–H and O–H groups in total. The summed E-state index contributed by atoms with van der Waals surface area (Å²) in [5, 5.41) is 25.7. The average Bonchev–Trinajstić information content (AvgIpc) is 4.01. The van der Waals surface area contributed by atoms with E-state index in [0.29, 0.717) is 96.6 Å². The quantitative estimate of drug-likeness (QED) is 0.0403. The standard InChI is InChI=1S/C29H46N4O4.C28H42N4O4.C4H10.C2H6.CH4O/c1-9-15-32(6)27(34)17-22(16-20(4)5)30-29(35)23-18-24(33(31-23)19-21(10-2)11-3)28-25(36-7)13-12-14-26(28)37-8;1-7-19(8-2)17-32-23(27-24(35-5)10-9-11-25(27)36-6)16-22(31-32)28(34)30-21(14-18(3)4)15-26(33)29-20-12-13-20;1-4(2)3;2*1-2/h12-14,18,20-22H,9-11,15-17,19H2,1-8H3,(H,30,35);9-11,16,18-21H,7-8,12-15,17H2,1-6H3,(H,29,33)(H,30,34);4H,1-3H3;1-2H3;2H,1H3. The maximum absolute atomic E-state index is 13.5. The Morgan fingerprint density at radius 3 is 1.26 bits per heavy atom. The fourth-order valence-corrected chi connectivity index (χ4v) is 9.13. The Morgan fingerprint density at radius 1 is 0.617 bits per heavy atom. The number of carbonyl (C=O) groups excluding carboxylic acids is 4. The van der Waals surface area contributed by atoms with E-state index in [1.807, 2.05) is 73.6 Å². The Bertz CT molecular complexity index is 2370. The summed E-state index contributed by atoms with van der Waals surface area (Å²) in [6.07, 6.45) is 8.95. The number of nitrogens with one attached hydrogen (secondary N) is 3. The van der Waals surface area contributed by atoms with Crippen LogP contribution in [0.5, 0.6) is 23.0 Å². The lowest BCUT2D eigenvalue weighted by atomic mass is 10.00. The molecule has 0 saturated heterocycles. The number of ether oxygens (including phenoxy) is 4. The highest BCUT2D eigenvalue weighted by molar-refractivity contribution is 5.95. The van der Waals surface area contributed by atoms with Gasteiger partial charge in [-0.3, -0.25) is 28.5 Å². The monoisotopic (exact) mass is 1130 g/mol. The highest BCUT2D eigenvalue weighted by Crippen LogP contribution is 2.40. The predicted molar refractivity (Wildman–Crippen MR) is 329 cm³/mol. The van der Waals surface area contributed by atoms with E-state index in [9.17, 15) is 19.2 Å². The minimum atomic E-state index is -0.282. The molecule has 0 aliphatic heterocycles. The first-order valence-corrected chi connectivity index (χ1v) is 29.9. The van der Waals surface area contributed by atoms with Gasteiger partial charge in [0.1, 0.15) is 23.0 Å². The summed E-state index contributed by atoms with van der Waals surface area (Å²) in [5.74, 6) is 4.40. The second-order valence-corrected chi connectivity index (χ2v) is 22.0. The van der Waals surface area contributed by atoms with Gasteiger partial charge in [-0.2, -0.15) is 10.2 Å². The number of amides is 4. The van der Waals surface area contributed by atoms with Crippen LogP contribution in [0.3, 0.4) is 0 Å². The zero-order valence-electron chi connectivity index (χ0n) is 53.6. The van der Waals surface area contributed by atoms with Crippen molar-refractivity contribution in [1.82, 2.24) is 40.4 Å². The number of hydrogen-bond acceptors (Lipinski definition) is 11. The second kappa shape index (κ2) is 39.4. The van der Waals surface area contributed by atoms with Crippen molar-refractivity contribution in [2.45, 2.75) is 199 Å². The van der Waals surface area contributed by atoms with Crippen molar-refractivity contribution in [1.29, 1.82) is 0 Å². The first-order valence-electron chi connectivity index (χ1n) is 29.9. The van der Waals surface area contributed by atoms with Crippen LogP contribution in [0.15, 0.2) is 48.5 Å². The van der Waals surface area contributed by atoms with Gasteiger partial charge in [0.25, 0.3) is 11.8 Å². The molecule has 1 aliphatic rings. The van der Waals surface area contributed by atoms with Crippen LogP contribution in [-0.4, -0.2) is 120 Å². The normalized spacial score (nSPS) is 12.4. The van der Waals surface area contributed by atoms with E-state index in [0.717, 1.165) is 80.5 Å². The van der Waals surface area contributed by atoms with Crippen molar-refractivity contribution in [2.24, 2.45) is 29.6 Å². The fourth-order valence-electron chi connectivity index (χ4n) is 9.13. The van der Waals surface area contributed by atoms with Crippen molar-refractivity contribution in [3.63, 3.8) is 0 Å². The van der Waals surface area contributed by atoms with Gasteiger partial charge in [-0.05, 0) is 98.1 Å². The summed E-state index contributed by atoms with van der Waals surface area (Å²) < 4.78 is 26.4. The molecule has 0 spiro atoms. The third kappa shape index (κ3) is 24.9. The molecular formula is C64H108N8O9. The number of methoxy groups -OCH3 is 4. The van der Waals surface area contributed by atoms with Gasteiger partial charge in [0.05, 0.1) is 51.0 Å². The molecule has 2 unspecified atom stereocenters. The van der Waals surface area contributed by atoms with Gasteiger partial charge in [-0.25, -0.2) is 0 Å². The van der Waals surface area contributed by atoms with Crippen LogP contribution in [0.4, 0.5) is 0 Å². The van der Waals surface area contributed by atoms with Crippen LogP contribution in [0.2, 0.25) is 0 Å². The van der Waals surface area contributed by atoms with Crippen molar-refractivity contribution >= 4 is 23.6 Å². The number of aliphatic hydroxyl groups is 1. The molecule has 458 valence electrons. The minimum Gasteiger partial charge on any atom is -0.496 e. The van der Waals surface area contributed by atoms with Gasteiger partial charge >= 0.3 is 0 Å². The molecule has 17 heteroatoms. The van der Waals surface area contributed by atoms with Gasteiger partial charge in [0.2, 0.25) is 11.8 Å². The summed E-state index contributed by atoms with van der Waals surface area (Å²) in [6.45, 7) is 31.6. The summed E-state index contributed by atoms with van der Waals surface area (Å²) in [6, 6.07) is 14.6. The van der Waals surface area contributed by atoms with Gasteiger partial charge in [-0.15, -0.1) is 0 Å². The van der Waals surface area contributed by atoms with Crippen molar-refractivity contribution in [2.75, 3.05) is 49.1 Å². The molecular weight excluding hydrogens is 1020 g/mol. The molecule has 2 atom stereocenters. The highest BCUT2D eigenvalue weighted by Gasteiger charge is 2.29. The molecule has 1 fully saturated rings. The van der Waals surface area contributed by atoms with Gasteiger partial charge < -0.3 is 44.9 Å². The van der Waals surface area contributed by atoms with Crippen LogP contribution < -0.4 is 34.9 Å². The molecule has 1 saturated carbocycles. The van der Waals surface area contributed by atoms with Gasteiger partial charge in [0, 0.05) is 64.8 Å². The Balaban J connectivity index is 0.000000718. The van der Waals surface area contributed by atoms with Crippen LogP contribution in [-0.2, 0) is 22.7 Å². The summed E-state index contributed by atoms with van der Waals surface area (Å²) >= 11 is 0. The molecule has 0 bridgehead atoms. The van der Waals surface area contributed by atoms with Crippen LogP contribution in [0.25, 0.3) is 22.5 Å². The lowest BCUT2D eigenvalue weighted by molar-refractivity contribution is -0.130. The maximum atomic E-state index is 13.5. The first kappa shape index (κ1) is 72.9. The fraction of sp³-hybridized carbons (Fsp3) is 0.656. The third-order valence-electron chi connectivity index (χ3n) is 13.5. The van der Waals surface area contributed by atoms with Crippen molar-refractivity contribution in [3.8, 4) is 45.5 Å². The SMILES string of the molecule is CC.CC(C)C.CCC(CC)Cn1nc(C(=O)NC(CC(=O)NC2CC2)CC(C)C)cc1-c1c(OC)cccc1OC.CCCN(C)C(=O)CC(CC(C)C)NC(=O)c1cc(-c2c(OC)cccc2OC)n(CC(CC)CC)n1.CO. The molecule has 5 rings (SSSR count). The van der Waals surface area contributed by atoms with E-state index < -0.39 is 0 Å². The number of hydrogen-bond donors (Lipinski definition) is 4. The third-order valence-corrected chi connectivity index (χ3v) is 13.5. The van der Waals surface area contributed by atoms with Crippen molar-refractivity contribution < 1.29 is 43.2 Å². The molecule has 2 aromatic heterocycles. The van der Waals surface area contributed by atoms with Crippen LogP contribution in [0.1, 0.15) is 189 Å². The molecule has 4 amide bonds. The van der Waals surface area contributed by atoms with E-state index in [2.05, 4.69) is 92.1 Å². The van der Waals surface area contributed by atoms with Crippen molar-refractivity contribution in [3.05, 3.63) is 59.9 Å². The molecule has 17 nitrogen and oxygen atoms in total. The Morgan fingerprint density at radius 2 is 0.963 bits per heavy atom. The summed E-state index contributed by atoms with van der Waals surface area (Å²) in [7, 11) is 9.30. The molecule has 0 radical (unpaired) electrons. The molecule has 4 aromatic rings. The lowest BCUT2D eigenvalue weighted by Crippen LogP contribution is -2.40. The summed E-state index contributed by atoms with van der Waals surface area (Å²) in [5.41, 5.74) is 3.71. The van der Waals surface area contributed by atoms with E-state index >= 15 is 0 Å². The topological polar surface area (TPSA) is 200 Å². The Kier molecular flexibility index (Phi) is 35.4. The number of nitrogens with zero attached hydrogens (tertiary/aromatic N) is 5. The molecule has 2 aromatic carbocycles. The largest absolute Gasteiger partial charge is 0.496 e. The lowest BCUT2D eigenvalue weighted by Gasteiger charge is -2.23. The zero-order valence-corrected chi connectivity index (χ0v) is 53.6. The average molecular weight is 1130 g/mol. The molecule has 81 heavy (non-hydrogen) atoms. The summed E-state index contributed by atoms with van der Waals surface area (Å²) in [4.78, 5) is 53.8. The zero-order chi connectivity index (χ0) is 61.4. The van der Waals surface area contributed by atoms with E-state index in [4.69, 9.17) is 34.3 Å². The Labute approximate surface area is 488 Å². The highest BCUT2D eigenvalue weighted by atomic mass is 16.5. The number of benzene rings is 2. The second-order valence-electron chi connectivity index (χ2n) is 22.0. The van der Waals surface area contributed by atoms with Crippen LogP contribution in [0, 0.1) is 29.6 Å². The number of aromatic nitrogens is 4.